The number of ether oxygens (including phenoxy) is 2. The van der Waals surface area contributed by atoms with Crippen molar-refractivity contribution in [1.82, 2.24) is 0 Å². The zero-order valence-corrected chi connectivity index (χ0v) is 22.7. The molecule has 3 aromatic rings. The topological polar surface area (TPSA) is 96.3 Å². The van der Waals surface area contributed by atoms with Gasteiger partial charge in [0.25, 0.3) is 0 Å². The van der Waals surface area contributed by atoms with Crippen molar-refractivity contribution in [2.45, 2.75) is 38.7 Å². The molecule has 7 nitrogen and oxygen atoms in total. The normalized spacial score (nSPS) is 14.2. The lowest BCUT2D eigenvalue weighted by molar-refractivity contribution is -0.137. The molecule has 0 aromatic heterocycles. The standard InChI is InChI=1S/C33H37NO6/c35-32(36)8-4-1-5-25(23-26-10-15-29(16-11-26)33(37)38)9-14-28-6-2-3-7-31(28)40-24-27-12-17-30(18-13-27)34-19-21-39-22-20-34/h2-3,6-7,9-18,25H,1,4-5,8,19-24H2,(H,35,36)(H,37,38). The largest absolute Gasteiger partial charge is 0.488 e. The minimum absolute atomic E-state index is 0.161. The summed E-state index contributed by atoms with van der Waals surface area (Å²) in [5, 5.41) is 18.2. The zero-order chi connectivity index (χ0) is 28.2. The summed E-state index contributed by atoms with van der Waals surface area (Å²) in [6.45, 7) is 3.79. The van der Waals surface area contributed by atoms with Crippen molar-refractivity contribution in [3.63, 3.8) is 0 Å². The Balaban J connectivity index is 1.40. The van der Waals surface area contributed by atoms with Crippen molar-refractivity contribution in [3.05, 3.63) is 101 Å². The Bertz CT molecular complexity index is 1260. The van der Waals surface area contributed by atoms with Crippen LogP contribution in [0.25, 0.3) is 6.08 Å². The number of anilines is 1. The molecule has 40 heavy (non-hydrogen) atoms. The number of benzene rings is 3. The molecular weight excluding hydrogens is 506 g/mol. The van der Waals surface area contributed by atoms with E-state index in [4.69, 9.17) is 14.6 Å². The van der Waals surface area contributed by atoms with Gasteiger partial charge in [0.2, 0.25) is 0 Å². The number of hydrogen-bond donors (Lipinski definition) is 2. The molecule has 1 saturated heterocycles. The van der Waals surface area contributed by atoms with Crippen molar-refractivity contribution >= 4 is 23.7 Å². The Kier molecular flexibility index (Phi) is 10.8. The molecule has 3 aromatic carbocycles. The number of hydrogen-bond acceptors (Lipinski definition) is 5. The Hall–Kier alpha value is -4.10. The number of allylic oxidation sites excluding steroid dienone is 1. The molecule has 1 heterocycles. The molecule has 0 bridgehead atoms. The van der Waals surface area contributed by atoms with E-state index in [1.807, 2.05) is 36.4 Å². The number of carbonyl (C=O) groups is 2. The van der Waals surface area contributed by atoms with Crippen molar-refractivity contribution < 1.29 is 29.3 Å². The van der Waals surface area contributed by atoms with E-state index in [2.05, 4.69) is 41.3 Å². The summed E-state index contributed by atoms with van der Waals surface area (Å²) >= 11 is 0. The molecule has 7 heteroatoms. The molecule has 1 aliphatic heterocycles. The summed E-state index contributed by atoms with van der Waals surface area (Å²) < 4.78 is 11.7. The average molecular weight is 544 g/mol. The first-order valence-electron chi connectivity index (χ1n) is 13.8. The number of unbranched alkanes of at least 4 members (excludes halogenated alkanes) is 1. The lowest BCUT2D eigenvalue weighted by Crippen LogP contribution is -2.36. The molecule has 0 aliphatic carbocycles. The summed E-state index contributed by atoms with van der Waals surface area (Å²) in [7, 11) is 0. The summed E-state index contributed by atoms with van der Waals surface area (Å²) in [4.78, 5) is 24.5. The minimum Gasteiger partial charge on any atom is -0.488 e. The predicted octanol–water partition coefficient (Wildman–Crippen LogP) is 6.32. The van der Waals surface area contributed by atoms with Gasteiger partial charge in [-0.3, -0.25) is 4.79 Å². The summed E-state index contributed by atoms with van der Waals surface area (Å²) in [6.07, 6.45) is 7.39. The molecule has 0 spiro atoms. The fraction of sp³-hybridized carbons (Fsp3) is 0.333. The van der Waals surface area contributed by atoms with Crippen LogP contribution in [0.15, 0.2) is 78.9 Å². The van der Waals surface area contributed by atoms with Crippen LogP contribution in [0.5, 0.6) is 5.75 Å². The molecule has 1 unspecified atom stereocenters. The van der Waals surface area contributed by atoms with E-state index in [0.717, 1.165) is 68.0 Å². The van der Waals surface area contributed by atoms with Crippen LogP contribution in [-0.4, -0.2) is 48.5 Å². The second-order valence-electron chi connectivity index (χ2n) is 10.1. The predicted molar refractivity (Wildman–Crippen MR) is 156 cm³/mol. The number of rotatable bonds is 14. The molecule has 0 saturated carbocycles. The highest BCUT2D eigenvalue weighted by atomic mass is 16.5. The van der Waals surface area contributed by atoms with Gasteiger partial charge >= 0.3 is 11.9 Å². The van der Waals surface area contributed by atoms with Crippen molar-refractivity contribution in [3.8, 4) is 5.75 Å². The van der Waals surface area contributed by atoms with Gasteiger partial charge in [0.1, 0.15) is 12.4 Å². The summed E-state index contributed by atoms with van der Waals surface area (Å²) in [5.41, 5.74) is 4.57. The summed E-state index contributed by atoms with van der Waals surface area (Å²) in [5.74, 6) is -0.754. The van der Waals surface area contributed by atoms with Crippen LogP contribution in [0, 0.1) is 5.92 Å². The Labute approximate surface area is 235 Å². The third-order valence-electron chi connectivity index (χ3n) is 7.09. The number of aliphatic carboxylic acids is 1. The second-order valence-corrected chi connectivity index (χ2v) is 10.1. The highest BCUT2D eigenvalue weighted by Crippen LogP contribution is 2.25. The van der Waals surface area contributed by atoms with Gasteiger partial charge in [-0.05, 0) is 66.6 Å². The Morgan fingerprint density at radius 3 is 2.30 bits per heavy atom. The third kappa shape index (κ3) is 8.99. The maximum absolute atomic E-state index is 11.2. The number of para-hydroxylation sites is 1. The molecule has 1 atom stereocenters. The molecule has 210 valence electrons. The van der Waals surface area contributed by atoms with Gasteiger partial charge in [-0.25, -0.2) is 4.79 Å². The minimum atomic E-state index is -0.943. The van der Waals surface area contributed by atoms with Crippen LogP contribution in [0.3, 0.4) is 0 Å². The van der Waals surface area contributed by atoms with Gasteiger partial charge in [0, 0.05) is 30.8 Å². The maximum Gasteiger partial charge on any atom is 0.335 e. The van der Waals surface area contributed by atoms with Crippen molar-refractivity contribution in [2.75, 3.05) is 31.2 Å². The van der Waals surface area contributed by atoms with Crippen molar-refractivity contribution in [2.24, 2.45) is 5.92 Å². The number of carboxylic acids is 2. The van der Waals surface area contributed by atoms with Crippen LogP contribution < -0.4 is 9.64 Å². The fourth-order valence-electron chi connectivity index (χ4n) is 4.81. The number of carboxylic acid groups (broad SMARTS) is 2. The van der Waals surface area contributed by atoms with Gasteiger partial charge in [-0.15, -0.1) is 0 Å². The van der Waals surface area contributed by atoms with E-state index >= 15 is 0 Å². The molecular formula is C33H37NO6. The third-order valence-corrected chi connectivity index (χ3v) is 7.09. The Morgan fingerprint density at radius 1 is 0.900 bits per heavy atom. The van der Waals surface area contributed by atoms with Crippen LogP contribution in [0.2, 0.25) is 0 Å². The van der Waals surface area contributed by atoms with Crippen LogP contribution >= 0.6 is 0 Å². The first-order valence-corrected chi connectivity index (χ1v) is 13.8. The highest BCUT2D eigenvalue weighted by molar-refractivity contribution is 5.87. The fourth-order valence-corrected chi connectivity index (χ4v) is 4.81. The first-order chi connectivity index (χ1) is 19.5. The molecule has 2 N–H and O–H groups in total. The van der Waals surface area contributed by atoms with E-state index in [1.165, 1.54) is 5.69 Å². The monoisotopic (exact) mass is 543 g/mol. The molecule has 0 radical (unpaired) electrons. The molecule has 4 rings (SSSR count). The molecule has 0 amide bonds. The van der Waals surface area contributed by atoms with Crippen LogP contribution in [0.4, 0.5) is 5.69 Å². The Morgan fingerprint density at radius 2 is 1.60 bits per heavy atom. The van der Waals surface area contributed by atoms with Crippen LogP contribution in [-0.2, 0) is 22.6 Å². The lowest BCUT2D eigenvalue weighted by atomic mass is 9.92. The van der Waals surface area contributed by atoms with E-state index in [1.54, 1.807) is 12.1 Å². The number of nitrogens with zero attached hydrogens (tertiary/aromatic N) is 1. The quantitative estimate of drug-likeness (QED) is 0.230. The molecule has 1 aliphatic rings. The second kappa shape index (κ2) is 14.9. The van der Waals surface area contributed by atoms with E-state index in [-0.39, 0.29) is 17.9 Å². The van der Waals surface area contributed by atoms with Crippen molar-refractivity contribution in [1.29, 1.82) is 0 Å². The number of morpholine rings is 1. The SMILES string of the molecule is O=C(O)CCCCC(C=Cc1ccccc1OCc1ccc(N2CCOCC2)cc1)Cc1ccc(C(=O)O)cc1. The summed E-state index contributed by atoms with van der Waals surface area (Å²) in [6, 6.07) is 23.4. The smallest absolute Gasteiger partial charge is 0.335 e. The number of aromatic carboxylic acids is 1. The van der Waals surface area contributed by atoms with Crippen LogP contribution in [0.1, 0.15) is 52.7 Å². The van der Waals surface area contributed by atoms with Gasteiger partial charge in [0.05, 0.1) is 18.8 Å². The average Bonchev–Trinajstić information content (AvgIpc) is 2.98. The lowest BCUT2D eigenvalue weighted by Gasteiger charge is -2.28. The first kappa shape index (κ1) is 28.9. The zero-order valence-electron chi connectivity index (χ0n) is 22.7. The van der Waals surface area contributed by atoms with Gasteiger partial charge in [0.15, 0.2) is 0 Å². The van der Waals surface area contributed by atoms with Gasteiger partial charge < -0.3 is 24.6 Å². The molecule has 1 fully saturated rings. The van der Waals surface area contributed by atoms with E-state index in [9.17, 15) is 14.7 Å². The van der Waals surface area contributed by atoms with E-state index in [0.29, 0.717) is 13.0 Å². The maximum atomic E-state index is 11.2. The van der Waals surface area contributed by atoms with Gasteiger partial charge in [-0.2, -0.15) is 0 Å². The van der Waals surface area contributed by atoms with E-state index < -0.39 is 11.9 Å². The van der Waals surface area contributed by atoms with Gasteiger partial charge in [-0.1, -0.05) is 61.0 Å². The highest BCUT2D eigenvalue weighted by Gasteiger charge is 2.12.